The molecule has 4 nitrogen and oxygen atoms in total. The number of ether oxygens (including phenoxy) is 1. The summed E-state index contributed by atoms with van der Waals surface area (Å²) in [7, 11) is 0. The van der Waals surface area contributed by atoms with Crippen LogP contribution in [-0.2, 0) is 6.54 Å². The van der Waals surface area contributed by atoms with Gasteiger partial charge in [-0.15, -0.1) is 0 Å². The van der Waals surface area contributed by atoms with Crippen LogP contribution in [0.2, 0.25) is 0 Å². The van der Waals surface area contributed by atoms with E-state index in [1.165, 1.54) is 0 Å². The lowest BCUT2D eigenvalue weighted by Gasteiger charge is -2.06. The molecule has 0 aliphatic heterocycles. The van der Waals surface area contributed by atoms with Crippen LogP contribution in [0.1, 0.15) is 23.0 Å². The largest absolute Gasteiger partial charge is 0.494 e. The molecule has 1 amide bonds. The zero-order chi connectivity index (χ0) is 15.4. The molecule has 3 aromatic rings. The van der Waals surface area contributed by atoms with Gasteiger partial charge in [-0.3, -0.25) is 4.79 Å². The van der Waals surface area contributed by atoms with Gasteiger partial charge in [0.2, 0.25) is 0 Å². The smallest absolute Gasteiger partial charge is 0.267 e. The van der Waals surface area contributed by atoms with Crippen LogP contribution in [0.15, 0.2) is 54.6 Å². The number of aromatic amines is 1. The first kappa shape index (κ1) is 14.2. The Morgan fingerprint density at radius 3 is 2.64 bits per heavy atom. The van der Waals surface area contributed by atoms with Crippen molar-refractivity contribution in [2.75, 3.05) is 6.61 Å². The Balaban J connectivity index is 1.64. The van der Waals surface area contributed by atoms with Crippen LogP contribution >= 0.6 is 0 Å². The molecule has 4 heteroatoms. The highest BCUT2D eigenvalue weighted by molar-refractivity contribution is 5.97. The Hall–Kier alpha value is -2.75. The van der Waals surface area contributed by atoms with E-state index in [-0.39, 0.29) is 5.91 Å². The lowest BCUT2D eigenvalue weighted by Crippen LogP contribution is -2.23. The number of benzene rings is 2. The summed E-state index contributed by atoms with van der Waals surface area (Å²) in [5.74, 6) is 0.735. The molecule has 1 aromatic heterocycles. The predicted octanol–water partition coefficient (Wildman–Crippen LogP) is 3.50. The van der Waals surface area contributed by atoms with Crippen molar-refractivity contribution in [3.63, 3.8) is 0 Å². The first-order chi connectivity index (χ1) is 10.8. The van der Waals surface area contributed by atoms with Crippen molar-refractivity contribution in [1.82, 2.24) is 10.3 Å². The molecule has 22 heavy (non-hydrogen) atoms. The molecule has 1 heterocycles. The number of carbonyl (C=O) groups is 1. The van der Waals surface area contributed by atoms with Crippen LogP contribution in [0.3, 0.4) is 0 Å². The van der Waals surface area contributed by atoms with Crippen LogP contribution in [0.25, 0.3) is 10.9 Å². The second-order valence-electron chi connectivity index (χ2n) is 5.03. The average molecular weight is 294 g/mol. The molecule has 112 valence electrons. The highest BCUT2D eigenvalue weighted by atomic mass is 16.5. The van der Waals surface area contributed by atoms with Gasteiger partial charge in [0.25, 0.3) is 5.91 Å². The van der Waals surface area contributed by atoms with Crippen molar-refractivity contribution < 1.29 is 9.53 Å². The third kappa shape index (κ3) is 3.11. The van der Waals surface area contributed by atoms with Gasteiger partial charge in [0.05, 0.1) is 6.61 Å². The second-order valence-corrected chi connectivity index (χ2v) is 5.03. The molecule has 2 N–H and O–H groups in total. The molecule has 0 bridgehead atoms. The molecular formula is C18H18N2O2. The van der Waals surface area contributed by atoms with Gasteiger partial charge < -0.3 is 15.0 Å². The van der Waals surface area contributed by atoms with E-state index in [4.69, 9.17) is 4.74 Å². The minimum atomic E-state index is -0.106. The summed E-state index contributed by atoms with van der Waals surface area (Å²) in [6, 6.07) is 17.4. The van der Waals surface area contributed by atoms with E-state index >= 15 is 0 Å². The van der Waals surface area contributed by atoms with Crippen LogP contribution in [0.4, 0.5) is 0 Å². The zero-order valence-electron chi connectivity index (χ0n) is 12.4. The van der Waals surface area contributed by atoms with Gasteiger partial charge in [-0.05, 0) is 36.8 Å². The summed E-state index contributed by atoms with van der Waals surface area (Å²) in [5, 5.41) is 3.95. The van der Waals surface area contributed by atoms with Crippen molar-refractivity contribution in [2.45, 2.75) is 13.5 Å². The summed E-state index contributed by atoms with van der Waals surface area (Å²) in [6.45, 7) is 3.09. The molecule has 0 radical (unpaired) electrons. The minimum absolute atomic E-state index is 0.106. The quantitative estimate of drug-likeness (QED) is 0.756. The fraction of sp³-hybridized carbons (Fsp3) is 0.167. The highest BCUT2D eigenvalue weighted by Gasteiger charge is 2.08. The molecular weight excluding hydrogens is 276 g/mol. The summed E-state index contributed by atoms with van der Waals surface area (Å²) in [5.41, 5.74) is 2.58. The summed E-state index contributed by atoms with van der Waals surface area (Å²) in [6.07, 6.45) is 0. The lowest BCUT2D eigenvalue weighted by atomic mass is 10.2. The molecule has 0 fully saturated rings. The van der Waals surface area contributed by atoms with Gasteiger partial charge in [0, 0.05) is 17.4 Å². The number of H-pyrrole nitrogens is 1. The number of rotatable bonds is 5. The number of fused-ring (bicyclic) bond motifs is 1. The maximum Gasteiger partial charge on any atom is 0.267 e. The van der Waals surface area contributed by atoms with Gasteiger partial charge in [0.1, 0.15) is 11.4 Å². The maximum absolute atomic E-state index is 12.2. The monoisotopic (exact) mass is 294 g/mol. The Morgan fingerprint density at radius 2 is 1.91 bits per heavy atom. The van der Waals surface area contributed by atoms with Gasteiger partial charge >= 0.3 is 0 Å². The maximum atomic E-state index is 12.2. The average Bonchev–Trinajstić information content (AvgIpc) is 2.98. The summed E-state index contributed by atoms with van der Waals surface area (Å²) < 4.78 is 5.40. The standard InChI is InChI=1S/C18H18N2O2/c1-2-22-15-9-7-13(8-10-15)12-19-18(21)17-11-14-5-3-4-6-16(14)20-17/h3-11,20H,2,12H2,1H3,(H,19,21). The van der Waals surface area contributed by atoms with Gasteiger partial charge in [0.15, 0.2) is 0 Å². The third-order valence-corrected chi connectivity index (χ3v) is 3.46. The number of nitrogens with one attached hydrogen (secondary N) is 2. The minimum Gasteiger partial charge on any atom is -0.494 e. The summed E-state index contributed by atoms with van der Waals surface area (Å²) >= 11 is 0. The molecule has 3 rings (SSSR count). The van der Waals surface area contributed by atoms with Gasteiger partial charge in [-0.2, -0.15) is 0 Å². The number of amides is 1. The number of aromatic nitrogens is 1. The van der Waals surface area contributed by atoms with Gasteiger partial charge in [-0.25, -0.2) is 0 Å². The third-order valence-electron chi connectivity index (χ3n) is 3.46. The number of carbonyl (C=O) groups excluding carboxylic acids is 1. The number of hydrogen-bond donors (Lipinski definition) is 2. The Labute approximate surface area is 129 Å². The second kappa shape index (κ2) is 6.35. The van der Waals surface area contributed by atoms with Crippen LogP contribution in [-0.4, -0.2) is 17.5 Å². The topological polar surface area (TPSA) is 54.1 Å². The Bertz CT molecular complexity index is 742. The van der Waals surface area contributed by atoms with E-state index < -0.39 is 0 Å². The molecule has 0 spiro atoms. The first-order valence-corrected chi connectivity index (χ1v) is 7.34. The Kier molecular flexibility index (Phi) is 4.10. The van der Waals surface area contributed by atoms with Gasteiger partial charge in [-0.1, -0.05) is 30.3 Å². The Morgan fingerprint density at radius 1 is 1.14 bits per heavy atom. The highest BCUT2D eigenvalue weighted by Crippen LogP contribution is 2.15. The van der Waals surface area contributed by atoms with Crippen molar-refractivity contribution in [3.05, 3.63) is 65.9 Å². The lowest BCUT2D eigenvalue weighted by molar-refractivity contribution is 0.0947. The molecule has 0 unspecified atom stereocenters. The van der Waals surface area contributed by atoms with Crippen molar-refractivity contribution in [2.24, 2.45) is 0 Å². The van der Waals surface area contributed by atoms with E-state index in [0.29, 0.717) is 18.8 Å². The van der Waals surface area contributed by atoms with E-state index in [0.717, 1.165) is 22.2 Å². The molecule has 0 saturated heterocycles. The van der Waals surface area contributed by atoms with E-state index in [9.17, 15) is 4.79 Å². The fourth-order valence-electron chi connectivity index (χ4n) is 2.34. The molecule has 0 aliphatic carbocycles. The molecule has 0 saturated carbocycles. The van der Waals surface area contributed by atoms with Crippen molar-refractivity contribution in [1.29, 1.82) is 0 Å². The van der Waals surface area contributed by atoms with E-state index in [1.54, 1.807) is 0 Å². The van der Waals surface area contributed by atoms with Crippen molar-refractivity contribution >= 4 is 16.8 Å². The number of hydrogen-bond acceptors (Lipinski definition) is 2. The zero-order valence-corrected chi connectivity index (χ0v) is 12.4. The fourth-order valence-corrected chi connectivity index (χ4v) is 2.34. The van der Waals surface area contributed by atoms with Crippen LogP contribution < -0.4 is 10.1 Å². The number of para-hydroxylation sites is 1. The molecule has 0 aliphatic rings. The summed E-state index contributed by atoms with van der Waals surface area (Å²) in [4.78, 5) is 15.3. The first-order valence-electron chi connectivity index (χ1n) is 7.34. The molecule has 2 aromatic carbocycles. The SMILES string of the molecule is CCOc1ccc(CNC(=O)c2cc3ccccc3[nH]2)cc1. The van der Waals surface area contributed by atoms with E-state index in [2.05, 4.69) is 10.3 Å². The van der Waals surface area contributed by atoms with Crippen LogP contribution in [0.5, 0.6) is 5.75 Å². The van der Waals surface area contributed by atoms with Crippen molar-refractivity contribution in [3.8, 4) is 5.75 Å². The normalized spacial score (nSPS) is 10.6. The van der Waals surface area contributed by atoms with Crippen LogP contribution in [0, 0.1) is 0 Å². The van der Waals surface area contributed by atoms with E-state index in [1.807, 2.05) is 61.5 Å². The predicted molar refractivity (Wildman–Crippen MR) is 87.1 cm³/mol. The molecule has 0 atom stereocenters.